The van der Waals surface area contributed by atoms with E-state index in [1.807, 2.05) is 0 Å². The molecule has 0 bridgehead atoms. The molecule has 21 heavy (non-hydrogen) atoms. The molecule has 0 aliphatic carbocycles. The summed E-state index contributed by atoms with van der Waals surface area (Å²) in [5.74, 6) is 0.0462. The van der Waals surface area contributed by atoms with Gasteiger partial charge in [-0.1, -0.05) is 0 Å². The first-order valence-corrected chi connectivity index (χ1v) is 7.62. The zero-order chi connectivity index (χ0) is 15.0. The van der Waals surface area contributed by atoms with E-state index in [0.29, 0.717) is 11.3 Å². The zero-order valence-electron chi connectivity index (χ0n) is 10.8. The fourth-order valence-electron chi connectivity index (χ4n) is 2.09. The highest BCUT2D eigenvalue weighted by atomic mass is 32.2. The highest BCUT2D eigenvalue weighted by molar-refractivity contribution is 7.95. The van der Waals surface area contributed by atoms with Crippen molar-refractivity contribution >= 4 is 15.9 Å². The molecule has 0 fully saturated rings. The minimum Gasteiger partial charge on any atom is -0.508 e. The Morgan fingerprint density at radius 1 is 1.10 bits per heavy atom. The molecule has 0 aromatic heterocycles. The van der Waals surface area contributed by atoms with E-state index < -0.39 is 15.7 Å². The van der Waals surface area contributed by atoms with Crippen LogP contribution >= 0.6 is 0 Å². The van der Waals surface area contributed by atoms with Crippen LogP contribution in [0.3, 0.4) is 0 Å². The van der Waals surface area contributed by atoms with Gasteiger partial charge in [0.05, 0.1) is 9.80 Å². The minimum atomic E-state index is -3.62. The van der Waals surface area contributed by atoms with Gasteiger partial charge in [-0.3, -0.25) is 0 Å². The van der Waals surface area contributed by atoms with Crippen LogP contribution in [-0.4, -0.2) is 20.1 Å². The van der Waals surface area contributed by atoms with Crippen LogP contribution in [-0.2, 0) is 9.84 Å². The Morgan fingerprint density at radius 2 is 1.81 bits per heavy atom. The van der Waals surface area contributed by atoms with Crippen molar-refractivity contribution in [1.82, 2.24) is 0 Å². The van der Waals surface area contributed by atoms with Crippen molar-refractivity contribution in [1.29, 1.82) is 0 Å². The third kappa shape index (κ3) is 2.50. The monoisotopic (exact) mass is 306 g/mol. The molecule has 1 aliphatic heterocycles. The molecule has 6 heteroatoms. The Bertz CT molecular complexity index is 823. The summed E-state index contributed by atoms with van der Waals surface area (Å²) in [6.07, 6.45) is 1.41. The van der Waals surface area contributed by atoms with Crippen molar-refractivity contribution in [2.45, 2.75) is 4.90 Å². The third-order valence-electron chi connectivity index (χ3n) is 3.14. The number of ether oxygens (including phenoxy) is 1. The fourth-order valence-corrected chi connectivity index (χ4v) is 3.54. The molecule has 108 valence electrons. The SMILES string of the molecule is O=S1(=O)C(COc2ccc(O)cc2)=Cc2cc(F)ccc21. The minimum absolute atomic E-state index is 0.0798. The Balaban J connectivity index is 1.84. The Kier molecular flexibility index (Phi) is 3.17. The molecule has 0 atom stereocenters. The third-order valence-corrected chi connectivity index (χ3v) is 5.02. The van der Waals surface area contributed by atoms with Crippen LogP contribution in [0.25, 0.3) is 6.08 Å². The van der Waals surface area contributed by atoms with Gasteiger partial charge in [0.25, 0.3) is 0 Å². The summed E-state index contributed by atoms with van der Waals surface area (Å²) in [5, 5.41) is 9.17. The average molecular weight is 306 g/mol. The van der Waals surface area contributed by atoms with Gasteiger partial charge >= 0.3 is 0 Å². The molecular formula is C15H11FO4S. The van der Waals surface area contributed by atoms with Gasteiger partial charge in [0, 0.05) is 0 Å². The first kappa shape index (κ1) is 13.6. The predicted octanol–water partition coefficient (Wildman–Crippen LogP) is 2.74. The van der Waals surface area contributed by atoms with Gasteiger partial charge < -0.3 is 9.84 Å². The number of halogens is 1. The van der Waals surface area contributed by atoms with Crippen LogP contribution in [0, 0.1) is 5.82 Å². The maximum atomic E-state index is 13.2. The first-order chi connectivity index (χ1) is 9.96. The number of phenols is 1. The number of fused-ring (bicyclic) bond motifs is 1. The van der Waals surface area contributed by atoms with E-state index in [2.05, 4.69) is 0 Å². The van der Waals surface area contributed by atoms with Crippen molar-refractivity contribution in [2.24, 2.45) is 0 Å². The van der Waals surface area contributed by atoms with Gasteiger partial charge in [-0.15, -0.1) is 0 Å². The molecule has 4 nitrogen and oxygen atoms in total. The van der Waals surface area contributed by atoms with Crippen molar-refractivity contribution in [3.63, 3.8) is 0 Å². The normalized spacial score (nSPS) is 15.4. The number of benzene rings is 2. The summed E-state index contributed by atoms with van der Waals surface area (Å²) >= 11 is 0. The molecule has 1 heterocycles. The van der Waals surface area contributed by atoms with E-state index in [-0.39, 0.29) is 22.2 Å². The molecular weight excluding hydrogens is 295 g/mol. The summed E-state index contributed by atoms with van der Waals surface area (Å²) in [5.41, 5.74) is 0.333. The second-order valence-electron chi connectivity index (χ2n) is 4.58. The number of hydrogen-bond donors (Lipinski definition) is 1. The highest BCUT2D eigenvalue weighted by Gasteiger charge is 2.30. The molecule has 0 saturated carbocycles. The molecule has 1 aliphatic rings. The van der Waals surface area contributed by atoms with Crippen LogP contribution in [0.4, 0.5) is 4.39 Å². The Labute approximate surface area is 121 Å². The van der Waals surface area contributed by atoms with E-state index in [9.17, 15) is 12.8 Å². The largest absolute Gasteiger partial charge is 0.508 e. The van der Waals surface area contributed by atoms with Gasteiger partial charge in [-0.2, -0.15) is 0 Å². The topological polar surface area (TPSA) is 63.6 Å². The molecule has 1 N–H and O–H groups in total. The van der Waals surface area contributed by atoms with Crippen LogP contribution in [0.5, 0.6) is 11.5 Å². The Hall–Kier alpha value is -2.34. The first-order valence-electron chi connectivity index (χ1n) is 6.14. The van der Waals surface area contributed by atoms with E-state index in [1.165, 1.54) is 42.5 Å². The second kappa shape index (κ2) is 4.89. The predicted molar refractivity (Wildman–Crippen MR) is 75.2 cm³/mol. The van der Waals surface area contributed by atoms with Crippen LogP contribution < -0.4 is 4.74 Å². The fraction of sp³-hybridized carbons (Fsp3) is 0.0667. The number of phenolic OH excluding ortho intramolecular Hbond substituents is 1. The van der Waals surface area contributed by atoms with E-state index in [0.717, 1.165) is 6.07 Å². The van der Waals surface area contributed by atoms with Gasteiger partial charge in [0.1, 0.15) is 23.9 Å². The highest BCUT2D eigenvalue weighted by Crippen LogP contribution is 2.33. The lowest BCUT2D eigenvalue weighted by molar-refractivity contribution is 0.358. The van der Waals surface area contributed by atoms with E-state index >= 15 is 0 Å². The van der Waals surface area contributed by atoms with Gasteiger partial charge in [0.2, 0.25) is 9.84 Å². The summed E-state index contributed by atoms with van der Waals surface area (Å²) in [4.78, 5) is 0.171. The van der Waals surface area contributed by atoms with Crippen molar-refractivity contribution in [2.75, 3.05) is 6.61 Å². The molecule has 0 unspecified atom stereocenters. The maximum absolute atomic E-state index is 13.2. The molecule has 0 radical (unpaired) electrons. The van der Waals surface area contributed by atoms with Crippen LogP contribution in [0.1, 0.15) is 5.56 Å². The zero-order valence-corrected chi connectivity index (χ0v) is 11.6. The summed E-state index contributed by atoms with van der Waals surface area (Å²) in [7, 11) is -3.62. The van der Waals surface area contributed by atoms with Gasteiger partial charge in [-0.05, 0) is 54.1 Å². The van der Waals surface area contributed by atoms with Gasteiger partial charge in [0.15, 0.2) is 0 Å². The smallest absolute Gasteiger partial charge is 0.206 e. The second-order valence-corrected chi connectivity index (χ2v) is 6.55. The number of rotatable bonds is 3. The maximum Gasteiger partial charge on any atom is 0.206 e. The standard InChI is InChI=1S/C15H11FO4S/c16-11-1-6-15-10(7-11)8-14(21(15,18)19)9-20-13-4-2-12(17)3-5-13/h1-8,17H,9H2. The van der Waals surface area contributed by atoms with E-state index in [1.54, 1.807) is 0 Å². The Morgan fingerprint density at radius 3 is 2.52 bits per heavy atom. The summed E-state index contributed by atoms with van der Waals surface area (Å²) in [6, 6.07) is 9.50. The summed E-state index contributed by atoms with van der Waals surface area (Å²) in [6.45, 7) is -0.149. The van der Waals surface area contributed by atoms with E-state index in [4.69, 9.17) is 9.84 Å². The van der Waals surface area contributed by atoms with Crippen molar-refractivity contribution in [3.8, 4) is 11.5 Å². The lowest BCUT2D eigenvalue weighted by atomic mass is 10.2. The summed E-state index contributed by atoms with van der Waals surface area (Å²) < 4.78 is 43.1. The quantitative estimate of drug-likeness (QED) is 0.886. The lowest BCUT2D eigenvalue weighted by Crippen LogP contribution is -2.08. The lowest BCUT2D eigenvalue weighted by Gasteiger charge is -2.07. The van der Waals surface area contributed by atoms with Crippen molar-refractivity contribution < 1.29 is 22.7 Å². The average Bonchev–Trinajstić information content (AvgIpc) is 2.69. The van der Waals surface area contributed by atoms with Gasteiger partial charge in [-0.25, -0.2) is 12.8 Å². The molecule has 0 amide bonds. The molecule has 0 spiro atoms. The van der Waals surface area contributed by atoms with Crippen molar-refractivity contribution in [3.05, 3.63) is 58.8 Å². The number of sulfone groups is 1. The molecule has 3 rings (SSSR count). The molecule has 2 aromatic rings. The number of hydrogen-bond acceptors (Lipinski definition) is 4. The molecule has 0 saturated heterocycles. The van der Waals surface area contributed by atoms with Crippen LogP contribution in [0.15, 0.2) is 52.3 Å². The number of aromatic hydroxyl groups is 1. The molecule has 2 aromatic carbocycles. The van der Waals surface area contributed by atoms with Crippen LogP contribution in [0.2, 0.25) is 0 Å².